The van der Waals surface area contributed by atoms with E-state index in [9.17, 15) is 4.79 Å². The van der Waals surface area contributed by atoms with Crippen molar-refractivity contribution >= 4 is 45.6 Å². The molecule has 0 saturated heterocycles. The number of thiazole rings is 1. The van der Waals surface area contributed by atoms with Gasteiger partial charge < -0.3 is 0 Å². The number of carbonyl (C=O) groups excluding carboxylic acids is 1. The maximum absolute atomic E-state index is 12.2. The summed E-state index contributed by atoms with van der Waals surface area (Å²) in [4.78, 5) is 17.6. The molecule has 0 aliphatic carbocycles. The first kappa shape index (κ1) is 16.0. The van der Waals surface area contributed by atoms with E-state index in [1.165, 1.54) is 16.9 Å². The van der Waals surface area contributed by atoms with Crippen LogP contribution in [0.2, 0.25) is 10.0 Å². The molecular formula is C17H12Cl2N2OS. The average Bonchev–Trinajstić information content (AvgIpc) is 2.95. The third kappa shape index (κ3) is 4.10. The van der Waals surface area contributed by atoms with Crippen LogP contribution in [-0.2, 0) is 6.42 Å². The van der Waals surface area contributed by atoms with Gasteiger partial charge in [-0.1, -0.05) is 53.5 Å². The van der Waals surface area contributed by atoms with E-state index in [0.717, 1.165) is 11.3 Å². The standard InChI is InChI=1S/C17H12Cl2N2OS/c18-12-6-7-14(15(19)9-12)16(22)21-17-20-10-13(23-17)8-11-4-2-1-3-5-11/h1-7,9-10H,8H2,(H,20,21,22). The first-order chi connectivity index (χ1) is 11.1. The van der Waals surface area contributed by atoms with Crippen LogP contribution < -0.4 is 5.32 Å². The van der Waals surface area contributed by atoms with Gasteiger partial charge in [0.2, 0.25) is 0 Å². The number of aromatic nitrogens is 1. The lowest BCUT2D eigenvalue weighted by molar-refractivity contribution is 0.102. The van der Waals surface area contributed by atoms with Gasteiger partial charge in [0.05, 0.1) is 10.6 Å². The lowest BCUT2D eigenvalue weighted by Gasteiger charge is -2.04. The molecule has 116 valence electrons. The number of benzene rings is 2. The average molecular weight is 363 g/mol. The Hall–Kier alpha value is -1.88. The van der Waals surface area contributed by atoms with Gasteiger partial charge in [-0.15, -0.1) is 11.3 Å². The van der Waals surface area contributed by atoms with Gasteiger partial charge in [0.15, 0.2) is 5.13 Å². The maximum atomic E-state index is 12.2. The first-order valence-electron chi connectivity index (χ1n) is 6.87. The fourth-order valence-electron chi connectivity index (χ4n) is 2.08. The zero-order valence-corrected chi connectivity index (χ0v) is 14.3. The van der Waals surface area contributed by atoms with Crippen molar-refractivity contribution in [2.75, 3.05) is 5.32 Å². The number of hydrogen-bond donors (Lipinski definition) is 1. The Labute approximate surface area is 147 Å². The van der Waals surface area contributed by atoms with Gasteiger partial charge in [0.1, 0.15) is 0 Å². The SMILES string of the molecule is O=C(Nc1ncc(Cc2ccccc2)s1)c1ccc(Cl)cc1Cl. The molecule has 0 radical (unpaired) electrons. The molecule has 0 spiro atoms. The lowest BCUT2D eigenvalue weighted by Crippen LogP contribution is -2.12. The van der Waals surface area contributed by atoms with E-state index in [1.807, 2.05) is 18.2 Å². The summed E-state index contributed by atoms with van der Waals surface area (Å²) in [6.45, 7) is 0. The molecule has 1 amide bonds. The second kappa shape index (κ2) is 7.13. The van der Waals surface area contributed by atoms with E-state index in [0.29, 0.717) is 20.7 Å². The highest BCUT2D eigenvalue weighted by Gasteiger charge is 2.13. The van der Waals surface area contributed by atoms with Crippen molar-refractivity contribution in [3.63, 3.8) is 0 Å². The predicted octanol–water partition coefficient (Wildman–Crippen LogP) is 5.29. The van der Waals surface area contributed by atoms with Gasteiger partial charge in [0.25, 0.3) is 5.91 Å². The zero-order valence-electron chi connectivity index (χ0n) is 11.9. The van der Waals surface area contributed by atoms with Crippen LogP contribution >= 0.6 is 34.5 Å². The molecule has 0 bridgehead atoms. The molecule has 2 aromatic carbocycles. The normalized spacial score (nSPS) is 10.5. The van der Waals surface area contributed by atoms with Crippen LogP contribution in [0, 0.1) is 0 Å². The Balaban J connectivity index is 1.70. The molecule has 0 atom stereocenters. The molecule has 1 heterocycles. The quantitative estimate of drug-likeness (QED) is 0.684. The molecule has 6 heteroatoms. The minimum atomic E-state index is -0.299. The molecule has 3 aromatic rings. The highest BCUT2D eigenvalue weighted by atomic mass is 35.5. The molecule has 3 rings (SSSR count). The Morgan fingerprint density at radius 3 is 2.65 bits per heavy atom. The predicted molar refractivity (Wildman–Crippen MR) is 95.8 cm³/mol. The third-order valence-electron chi connectivity index (χ3n) is 3.17. The summed E-state index contributed by atoms with van der Waals surface area (Å²) < 4.78 is 0. The Kier molecular flexibility index (Phi) is 4.96. The fraction of sp³-hybridized carbons (Fsp3) is 0.0588. The number of rotatable bonds is 4. The summed E-state index contributed by atoms with van der Waals surface area (Å²) in [5, 5.41) is 4.12. The van der Waals surface area contributed by atoms with Crippen LogP contribution in [0.3, 0.4) is 0 Å². The molecule has 23 heavy (non-hydrogen) atoms. The van der Waals surface area contributed by atoms with Gasteiger partial charge in [-0.05, 0) is 23.8 Å². The van der Waals surface area contributed by atoms with Crippen molar-refractivity contribution in [2.45, 2.75) is 6.42 Å². The second-order valence-electron chi connectivity index (χ2n) is 4.87. The van der Waals surface area contributed by atoms with Crippen molar-refractivity contribution < 1.29 is 4.79 Å². The highest BCUT2D eigenvalue weighted by Crippen LogP contribution is 2.24. The molecule has 0 aliphatic rings. The summed E-state index contributed by atoms with van der Waals surface area (Å²) in [5.74, 6) is -0.299. The van der Waals surface area contributed by atoms with Gasteiger partial charge in [-0.25, -0.2) is 4.98 Å². The van der Waals surface area contributed by atoms with E-state index in [4.69, 9.17) is 23.2 Å². The molecule has 1 aromatic heterocycles. The van der Waals surface area contributed by atoms with Crippen molar-refractivity contribution in [2.24, 2.45) is 0 Å². The molecular weight excluding hydrogens is 351 g/mol. The number of anilines is 1. The van der Waals surface area contributed by atoms with Crippen LogP contribution in [-0.4, -0.2) is 10.9 Å². The smallest absolute Gasteiger partial charge is 0.258 e. The summed E-state index contributed by atoms with van der Waals surface area (Å²) in [6, 6.07) is 14.9. The van der Waals surface area contributed by atoms with E-state index in [1.54, 1.807) is 24.4 Å². The van der Waals surface area contributed by atoms with Gasteiger partial charge >= 0.3 is 0 Å². The Bertz CT molecular complexity index is 834. The zero-order chi connectivity index (χ0) is 16.2. The minimum Gasteiger partial charge on any atom is -0.298 e. The summed E-state index contributed by atoms with van der Waals surface area (Å²) in [6.07, 6.45) is 2.56. The van der Waals surface area contributed by atoms with Crippen molar-refractivity contribution in [1.82, 2.24) is 4.98 Å². The molecule has 3 nitrogen and oxygen atoms in total. The van der Waals surface area contributed by atoms with Crippen LogP contribution in [0.1, 0.15) is 20.8 Å². The molecule has 0 saturated carbocycles. The van der Waals surface area contributed by atoms with E-state index >= 15 is 0 Å². The van der Waals surface area contributed by atoms with Gasteiger partial charge in [0, 0.05) is 22.5 Å². The fourth-order valence-corrected chi connectivity index (χ4v) is 3.42. The largest absolute Gasteiger partial charge is 0.298 e. The lowest BCUT2D eigenvalue weighted by atomic mass is 10.1. The number of nitrogens with one attached hydrogen (secondary N) is 1. The molecule has 1 N–H and O–H groups in total. The van der Waals surface area contributed by atoms with Gasteiger partial charge in [-0.2, -0.15) is 0 Å². The number of nitrogens with zero attached hydrogens (tertiary/aromatic N) is 1. The molecule has 0 fully saturated rings. The van der Waals surface area contributed by atoms with E-state index in [-0.39, 0.29) is 5.91 Å². The van der Waals surface area contributed by atoms with Crippen LogP contribution in [0.25, 0.3) is 0 Å². The third-order valence-corrected chi connectivity index (χ3v) is 4.63. The topological polar surface area (TPSA) is 42.0 Å². The monoisotopic (exact) mass is 362 g/mol. The molecule has 0 aliphatic heterocycles. The van der Waals surface area contributed by atoms with E-state index in [2.05, 4.69) is 22.4 Å². The van der Waals surface area contributed by atoms with Crippen LogP contribution in [0.4, 0.5) is 5.13 Å². The summed E-state index contributed by atoms with van der Waals surface area (Å²) >= 11 is 13.3. The first-order valence-corrected chi connectivity index (χ1v) is 8.44. The minimum absolute atomic E-state index is 0.299. The number of amides is 1. The Morgan fingerprint density at radius 2 is 1.91 bits per heavy atom. The van der Waals surface area contributed by atoms with Crippen molar-refractivity contribution in [3.05, 3.63) is 80.8 Å². The van der Waals surface area contributed by atoms with Gasteiger partial charge in [-0.3, -0.25) is 10.1 Å². The van der Waals surface area contributed by atoms with Crippen LogP contribution in [0.15, 0.2) is 54.7 Å². The highest BCUT2D eigenvalue weighted by molar-refractivity contribution is 7.15. The second-order valence-corrected chi connectivity index (χ2v) is 6.83. The van der Waals surface area contributed by atoms with Crippen LogP contribution in [0.5, 0.6) is 0 Å². The van der Waals surface area contributed by atoms with Crippen molar-refractivity contribution in [1.29, 1.82) is 0 Å². The summed E-state index contributed by atoms with van der Waals surface area (Å²) in [7, 11) is 0. The number of hydrogen-bond acceptors (Lipinski definition) is 3. The Morgan fingerprint density at radius 1 is 1.13 bits per heavy atom. The summed E-state index contributed by atoms with van der Waals surface area (Å²) in [5.41, 5.74) is 1.57. The molecule has 0 unspecified atom stereocenters. The van der Waals surface area contributed by atoms with Crippen molar-refractivity contribution in [3.8, 4) is 0 Å². The number of carbonyl (C=O) groups is 1. The van der Waals surface area contributed by atoms with E-state index < -0.39 is 0 Å². The maximum Gasteiger partial charge on any atom is 0.258 e. The number of halogens is 2.